The number of anilines is 4. The molecular formula is C20H22N6O3S. The molecule has 5 rings (SSSR count). The van der Waals surface area contributed by atoms with Crippen molar-refractivity contribution in [3.63, 3.8) is 0 Å². The number of pyridine rings is 2. The van der Waals surface area contributed by atoms with E-state index in [2.05, 4.69) is 25.6 Å². The van der Waals surface area contributed by atoms with Crippen LogP contribution in [0, 0.1) is 0 Å². The van der Waals surface area contributed by atoms with Crippen LogP contribution >= 0.6 is 11.3 Å². The van der Waals surface area contributed by atoms with E-state index in [0.717, 1.165) is 41.8 Å². The molecule has 0 spiro atoms. The van der Waals surface area contributed by atoms with E-state index in [1.54, 1.807) is 6.07 Å². The molecule has 3 N–H and O–H groups in total. The second-order valence-corrected chi connectivity index (χ2v) is 8.44. The Morgan fingerprint density at radius 3 is 2.70 bits per heavy atom. The molecule has 0 radical (unpaired) electrons. The molecule has 1 saturated heterocycles. The molecule has 2 fully saturated rings. The fraction of sp³-hybridized carbons (Fsp3) is 0.400. The highest BCUT2D eigenvalue weighted by Gasteiger charge is 2.25. The summed E-state index contributed by atoms with van der Waals surface area (Å²) in [6, 6.07) is 9.74. The highest BCUT2D eigenvalue weighted by Crippen LogP contribution is 2.29. The third-order valence-corrected chi connectivity index (χ3v) is 6.19. The molecule has 10 heteroatoms. The number of carbonyl (C=O) groups excluding carboxylic acids is 1. The van der Waals surface area contributed by atoms with Crippen LogP contribution in [0.1, 0.15) is 25.7 Å². The first-order valence-corrected chi connectivity index (χ1v) is 10.9. The average Bonchev–Trinajstić information content (AvgIpc) is 3.34. The van der Waals surface area contributed by atoms with Gasteiger partial charge >= 0.3 is 6.09 Å². The first kappa shape index (κ1) is 19.0. The summed E-state index contributed by atoms with van der Waals surface area (Å²) in [5, 5.41) is 17.1. The van der Waals surface area contributed by atoms with Gasteiger partial charge in [-0.3, -0.25) is 4.90 Å². The van der Waals surface area contributed by atoms with Gasteiger partial charge in [0.05, 0.1) is 12.6 Å². The van der Waals surface area contributed by atoms with Gasteiger partial charge in [-0.1, -0.05) is 17.4 Å². The van der Waals surface area contributed by atoms with Crippen LogP contribution in [0.4, 0.5) is 27.4 Å². The minimum atomic E-state index is -0.370. The Kier molecular flexibility index (Phi) is 5.09. The number of nitrogens with one attached hydrogen (secondary N) is 2. The number of aromatic nitrogens is 3. The number of nitrogens with zero attached hydrogens (tertiary/aromatic N) is 4. The van der Waals surface area contributed by atoms with Crippen LogP contribution in [-0.4, -0.2) is 51.4 Å². The van der Waals surface area contributed by atoms with Crippen LogP contribution in [0.2, 0.25) is 0 Å². The fourth-order valence-electron chi connectivity index (χ4n) is 3.74. The van der Waals surface area contributed by atoms with Crippen molar-refractivity contribution in [3.05, 3.63) is 30.3 Å². The number of fused-ring (bicyclic) bond motifs is 1. The van der Waals surface area contributed by atoms with Crippen LogP contribution < -0.4 is 15.5 Å². The largest absolute Gasteiger partial charge is 0.447 e. The number of hydrogen-bond donors (Lipinski definition) is 3. The quantitative estimate of drug-likeness (QED) is 0.568. The minimum Gasteiger partial charge on any atom is -0.447 e. The molecule has 1 aliphatic heterocycles. The normalized spacial score (nSPS) is 21.6. The second kappa shape index (κ2) is 8.04. The monoisotopic (exact) mass is 426 g/mol. The van der Waals surface area contributed by atoms with Gasteiger partial charge in [-0.2, -0.15) is 0 Å². The zero-order valence-corrected chi connectivity index (χ0v) is 17.1. The van der Waals surface area contributed by atoms with Gasteiger partial charge in [0.15, 0.2) is 5.13 Å². The average molecular weight is 427 g/mol. The summed E-state index contributed by atoms with van der Waals surface area (Å²) in [5.74, 6) is 2.07. The van der Waals surface area contributed by atoms with Gasteiger partial charge in [0.2, 0.25) is 0 Å². The van der Waals surface area contributed by atoms with Gasteiger partial charge in [-0.15, -0.1) is 0 Å². The Morgan fingerprint density at radius 1 is 1.07 bits per heavy atom. The molecule has 4 heterocycles. The van der Waals surface area contributed by atoms with E-state index in [0.29, 0.717) is 36.0 Å². The highest BCUT2D eigenvalue weighted by atomic mass is 32.1. The van der Waals surface area contributed by atoms with Crippen molar-refractivity contribution in [1.82, 2.24) is 15.0 Å². The van der Waals surface area contributed by atoms with Crippen molar-refractivity contribution in [2.75, 3.05) is 28.7 Å². The maximum Gasteiger partial charge on any atom is 0.415 e. The van der Waals surface area contributed by atoms with Crippen molar-refractivity contribution >= 4 is 50.4 Å². The van der Waals surface area contributed by atoms with Gasteiger partial charge in [-0.25, -0.2) is 19.7 Å². The molecule has 156 valence electrons. The fourth-order valence-corrected chi connectivity index (χ4v) is 4.58. The topological polar surface area (TPSA) is 112 Å². The summed E-state index contributed by atoms with van der Waals surface area (Å²) in [6.45, 7) is 0.885. The Balaban J connectivity index is 1.30. The van der Waals surface area contributed by atoms with Crippen molar-refractivity contribution in [2.24, 2.45) is 0 Å². The van der Waals surface area contributed by atoms with Crippen molar-refractivity contribution in [2.45, 2.75) is 37.8 Å². The Labute approximate surface area is 177 Å². The van der Waals surface area contributed by atoms with Gasteiger partial charge < -0.3 is 20.5 Å². The number of ether oxygens (including phenoxy) is 1. The minimum absolute atomic E-state index is 0.173. The van der Waals surface area contributed by atoms with E-state index in [-0.39, 0.29) is 12.2 Å². The number of rotatable bonds is 5. The molecule has 1 saturated carbocycles. The molecule has 1 aliphatic carbocycles. The molecular weight excluding hydrogens is 404 g/mol. The van der Waals surface area contributed by atoms with E-state index in [4.69, 9.17) is 4.74 Å². The zero-order chi connectivity index (χ0) is 20.5. The molecule has 30 heavy (non-hydrogen) atoms. The predicted octanol–water partition coefficient (Wildman–Crippen LogP) is 3.50. The van der Waals surface area contributed by atoms with Crippen LogP contribution in [-0.2, 0) is 4.74 Å². The zero-order valence-electron chi connectivity index (χ0n) is 16.2. The molecule has 1 amide bonds. The number of cyclic esters (lactones) is 1. The Morgan fingerprint density at radius 2 is 1.90 bits per heavy atom. The molecule has 3 aromatic heterocycles. The second-order valence-electron chi connectivity index (χ2n) is 7.46. The van der Waals surface area contributed by atoms with Crippen molar-refractivity contribution in [3.8, 4) is 0 Å². The lowest BCUT2D eigenvalue weighted by Gasteiger charge is -2.26. The van der Waals surface area contributed by atoms with Crippen molar-refractivity contribution in [1.29, 1.82) is 0 Å². The van der Waals surface area contributed by atoms with E-state index >= 15 is 0 Å². The summed E-state index contributed by atoms with van der Waals surface area (Å²) in [6.07, 6.45) is 2.99. The number of thiazole rings is 1. The molecule has 2 aliphatic rings. The third-order valence-electron chi connectivity index (χ3n) is 5.31. The molecule has 0 unspecified atom stereocenters. The van der Waals surface area contributed by atoms with E-state index in [9.17, 15) is 9.90 Å². The molecule has 3 aromatic rings. The lowest BCUT2D eigenvalue weighted by molar-refractivity contribution is 0.126. The number of carbonyl (C=O) groups is 1. The lowest BCUT2D eigenvalue weighted by atomic mass is 9.93. The van der Waals surface area contributed by atoms with E-state index in [1.807, 2.05) is 24.3 Å². The molecule has 9 nitrogen and oxygen atoms in total. The maximum atomic E-state index is 11.8. The van der Waals surface area contributed by atoms with E-state index in [1.165, 1.54) is 16.2 Å². The van der Waals surface area contributed by atoms with Crippen LogP contribution in [0.3, 0.4) is 0 Å². The Hall–Kier alpha value is -2.98. The van der Waals surface area contributed by atoms with Crippen LogP contribution in [0.25, 0.3) is 10.3 Å². The summed E-state index contributed by atoms with van der Waals surface area (Å²) >= 11 is 1.41. The van der Waals surface area contributed by atoms with Gasteiger partial charge in [0.1, 0.15) is 34.4 Å². The summed E-state index contributed by atoms with van der Waals surface area (Å²) < 4.78 is 4.98. The first-order valence-electron chi connectivity index (χ1n) is 10.0. The van der Waals surface area contributed by atoms with Crippen LogP contribution in [0.5, 0.6) is 0 Å². The smallest absolute Gasteiger partial charge is 0.415 e. The van der Waals surface area contributed by atoms with Gasteiger partial charge in [0.25, 0.3) is 0 Å². The molecule has 0 atom stereocenters. The molecule has 0 bridgehead atoms. The number of aliphatic hydroxyl groups is 1. The van der Waals surface area contributed by atoms with E-state index < -0.39 is 0 Å². The number of aliphatic hydroxyl groups excluding tert-OH is 1. The molecule has 0 aromatic carbocycles. The SMILES string of the molecule is O=C1OCCN1c1ccc2nc(Nc3cccc(N[C@H]4CC[C@H](O)CC4)n3)sc2n1. The first-order chi connectivity index (χ1) is 14.6. The summed E-state index contributed by atoms with van der Waals surface area (Å²) in [5.41, 5.74) is 0.758. The maximum absolute atomic E-state index is 11.8. The highest BCUT2D eigenvalue weighted by molar-refractivity contribution is 7.21. The third kappa shape index (κ3) is 4.01. The standard InChI is InChI=1S/C20H22N6O3S/c27-13-6-4-12(5-7-13)21-15-2-1-3-16(23-15)24-19-22-14-8-9-17(25-18(14)30-19)26-10-11-29-20(26)28/h1-3,8-9,12-13,27H,4-7,10-11H2,(H2,21,22,23,24)/t12-,13-. The Bertz CT molecular complexity index is 1070. The number of hydrogen-bond acceptors (Lipinski definition) is 9. The summed E-state index contributed by atoms with van der Waals surface area (Å²) in [4.78, 5) is 27.8. The van der Waals surface area contributed by atoms with Crippen LogP contribution in [0.15, 0.2) is 30.3 Å². The summed E-state index contributed by atoms with van der Waals surface area (Å²) in [7, 11) is 0. The van der Waals surface area contributed by atoms with Gasteiger partial charge in [-0.05, 0) is 49.9 Å². The van der Waals surface area contributed by atoms with Gasteiger partial charge in [0, 0.05) is 6.04 Å². The lowest BCUT2D eigenvalue weighted by Crippen LogP contribution is -2.28. The predicted molar refractivity (Wildman–Crippen MR) is 116 cm³/mol. The van der Waals surface area contributed by atoms with Crippen molar-refractivity contribution < 1.29 is 14.6 Å². The number of amides is 1.